The molecule has 0 aliphatic carbocycles. The Labute approximate surface area is 109 Å². The summed E-state index contributed by atoms with van der Waals surface area (Å²) in [5, 5.41) is 10.4. The van der Waals surface area contributed by atoms with Gasteiger partial charge in [-0.3, -0.25) is 4.79 Å². The average Bonchev–Trinajstić information content (AvgIpc) is 2.38. The number of ether oxygens (including phenoxy) is 1. The highest BCUT2D eigenvalue weighted by atomic mass is 16.5. The highest BCUT2D eigenvalue weighted by molar-refractivity contribution is 5.82. The van der Waals surface area contributed by atoms with Crippen molar-refractivity contribution >= 4 is 16.8 Å². The van der Waals surface area contributed by atoms with Gasteiger partial charge in [-0.15, -0.1) is 0 Å². The Bertz CT molecular complexity index is 671. The Balaban J connectivity index is 2.51. The number of hydrogen-bond acceptors (Lipinski definition) is 5. The number of hydrogen-bond donors (Lipinski definition) is 1. The van der Waals surface area contributed by atoms with Crippen LogP contribution in [-0.4, -0.2) is 24.1 Å². The van der Waals surface area contributed by atoms with Crippen molar-refractivity contribution in [2.45, 2.75) is 19.4 Å². The van der Waals surface area contributed by atoms with Crippen LogP contribution in [0.25, 0.3) is 11.0 Å². The predicted octanol–water partition coefficient (Wildman–Crippen LogP) is 1.29. The van der Waals surface area contributed by atoms with Crippen LogP contribution in [0.15, 0.2) is 33.5 Å². The van der Waals surface area contributed by atoms with Crippen molar-refractivity contribution in [2.75, 3.05) is 7.11 Å². The second-order valence-electron chi connectivity index (χ2n) is 4.29. The minimum absolute atomic E-state index is 0.160. The molecule has 2 rings (SSSR count). The van der Waals surface area contributed by atoms with E-state index >= 15 is 0 Å². The molecule has 1 aromatic heterocycles. The van der Waals surface area contributed by atoms with E-state index in [4.69, 9.17) is 9.15 Å². The molecule has 1 atom stereocenters. The minimum atomic E-state index is -1.07. The summed E-state index contributed by atoms with van der Waals surface area (Å²) in [5.74, 6) is 0.170. The molecule has 5 heteroatoms. The van der Waals surface area contributed by atoms with Gasteiger partial charge in [0, 0.05) is 23.9 Å². The number of ketones is 1. The summed E-state index contributed by atoms with van der Waals surface area (Å²) in [7, 11) is 1.48. The molecule has 100 valence electrons. The van der Waals surface area contributed by atoms with Gasteiger partial charge < -0.3 is 14.3 Å². The molecule has 2 aromatic rings. The molecule has 19 heavy (non-hydrogen) atoms. The highest BCUT2D eigenvalue weighted by Crippen LogP contribution is 2.26. The number of fused-ring (bicyclic) bond motifs is 1. The zero-order chi connectivity index (χ0) is 14.0. The molecular formula is C14H14O5. The number of rotatable bonds is 4. The van der Waals surface area contributed by atoms with Crippen LogP contribution in [-0.2, 0) is 11.2 Å². The largest absolute Gasteiger partial charge is 0.496 e. The number of methoxy groups -OCH3 is 1. The van der Waals surface area contributed by atoms with Crippen molar-refractivity contribution in [1.29, 1.82) is 0 Å². The number of benzene rings is 1. The molecule has 5 nitrogen and oxygen atoms in total. The van der Waals surface area contributed by atoms with Gasteiger partial charge in [0.05, 0.1) is 7.11 Å². The van der Waals surface area contributed by atoms with E-state index in [2.05, 4.69) is 0 Å². The quantitative estimate of drug-likeness (QED) is 0.840. The van der Waals surface area contributed by atoms with E-state index < -0.39 is 11.7 Å². The molecule has 1 aromatic carbocycles. The first-order valence-corrected chi connectivity index (χ1v) is 5.80. The van der Waals surface area contributed by atoms with Gasteiger partial charge in [0.2, 0.25) is 0 Å². The summed E-state index contributed by atoms with van der Waals surface area (Å²) < 4.78 is 10.2. The van der Waals surface area contributed by atoms with Gasteiger partial charge in [0.1, 0.15) is 17.4 Å². The van der Waals surface area contributed by atoms with Gasteiger partial charge in [-0.2, -0.15) is 0 Å². The summed E-state index contributed by atoms with van der Waals surface area (Å²) in [4.78, 5) is 22.2. The minimum Gasteiger partial charge on any atom is -0.496 e. The van der Waals surface area contributed by atoms with Gasteiger partial charge in [0.25, 0.3) is 0 Å². The third-order valence-electron chi connectivity index (χ3n) is 2.90. The van der Waals surface area contributed by atoms with Crippen LogP contribution >= 0.6 is 0 Å². The third-order valence-corrected chi connectivity index (χ3v) is 2.90. The van der Waals surface area contributed by atoms with Crippen molar-refractivity contribution in [3.8, 4) is 5.75 Å². The zero-order valence-electron chi connectivity index (χ0n) is 10.7. The van der Waals surface area contributed by atoms with Crippen LogP contribution in [0.1, 0.15) is 12.5 Å². The summed E-state index contributed by atoms with van der Waals surface area (Å²) in [6.07, 6.45) is -0.907. The number of carbonyl (C=O) groups is 1. The smallest absolute Gasteiger partial charge is 0.336 e. The average molecular weight is 262 g/mol. The molecule has 1 N–H and O–H groups in total. The topological polar surface area (TPSA) is 76.7 Å². The summed E-state index contributed by atoms with van der Waals surface area (Å²) >= 11 is 0. The second-order valence-corrected chi connectivity index (χ2v) is 4.29. The molecule has 0 spiro atoms. The Kier molecular flexibility index (Phi) is 3.66. The van der Waals surface area contributed by atoms with Gasteiger partial charge in [-0.05, 0) is 24.6 Å². The van der Waals surface area contributed by atoms with Crippen molar-refractivity contribution in [3.63, 3.8) is 0 Å². The molecule has 0 saturated heterocycles. The lowest BCUT2D eigenvalue weighted by Gasteiger charge is -2.12. The first kappa shape index (κ1) is 13.3. The number of aliphatic hydroxyl groups excluding tert-OH is 1. The summed E-state index contributed by atoms with van der Waals surface area (Å²) in [6.45, 7) is 1.33. The van der Waals surface area contributed by atoms with Crippen molar-refractivity contribution in [3.05, 3.63) is 40.2 Å². The molecule has 0 aliphatic heterocycles. The van der Waals surface area contributed by atoms with Gasteiger partial charge in [-0.1, -0.05) is 0 Å². The Hall–Kier alpha value is -2.14. The molecule has 0 saturated carbocycles. The van der Waals surface area contributed by atoms with Crippen LogP contribution in [0.5, 0.6) is 5.75 Å². The molecule has 0 aliphatic rings. The SMILES string of the molecule is COc1cc2oc(=O)ccc2cc1CC(O)C(C)=O. The summed E-state index contributed by atoms with van der Waals surface area (Å²) in [5.41, 5.74) is 0.656. The van der Waals surface area contributed by atoms with E-state index in [0.717, 1.165) is 0 Å². The molecule has 0 amide bonds. The van der Waals surface area contributed by atoms with Crippen LogP contribution in [0.4, 0.5) is 0 Å². The van der Waals surface area contributed by atoms with Crippen LogP contribution in [0, 0.1) is 0 Å². The van der Waals surface area contributed by atoms with Gasteiger partial charge in [-0.25, -0.2) is 4.79 Å². The highest BCUT2D eigenvalue weighted by Gasteiger charge is 2.15. The Morgan fingerprint density at radius 1 is 1.42 bits per heavy atom. The van der Waals surface area contributed by atoms with E-state index in [1.807, 2.05) is 0 Å². The maximum Gasteiger partial charge on any atom is 0.336 e. The molecule has 0 radical (unpaired) electrons. The molecule has 1 unspecified atom stereocenters. The second kappa shape index (κ2) is 5.24. The number of carbonyl (C=O) groups excluding carboxylic acids is 1. The normalized spacial score (nSPS) is 12.4. The van der Waals surface area contributed by atoms with E-state index in [9.17, 15) is 14.7 Å². The lowest BCUT2D eigenvalue weighted by atomic mass is 10.0. The standard InChI is InChI=1S/C14H14O5/c1-8(15)11(16)6-10-5-9-3-4-14(17)19-13(9)7-12(10)18-2/h3-5,7,11,16H,6H2,1-2H3. The van der Waals surface area contributed by atoms with Crippen LogP contribution in [0.3, 0.4) is 0 Å². The Morgan fingerprint density at radius 3 is 2.79 bits per heavy atom. The molecule has 0 bridgehead atoms. The van der Waals surface area contributed by atoms with Crippen molar-refractivity contribution < 1.29 is 19.1 Å². The number of Topliss-reactive ketones (excluding diaryl/α,β-unsaturated/α-hetero) is 1. The van der Waals surface area contributed by atoms with Crippen molar-refractivity contribution in [1.82, 2.24) is 0 Å². The van der Waals surface area contributed by atoms with Gasteiger partial charge in [0.15, 0.2) is 5.78 Å². The maximum absolute atomic E-state index is 11.1. The lowest BCUT2D eigenvalue weighted by molar-refractivity contribution is -0.124. The summed E-state index contributed by atoms with van der Waals surface area (Å²) in [6, 6.07) is 6.27. The fraction of sp³-hybridized carbons (Fsp3) is 0.286. The van der Waals surface area contributed by atoms with E-state index in [1.165, 1.54) is 20.1 Å². The fourth-order valence-electron chi connectivity index (χ4n) is 1.85. The van der Waals surface area contributed by atoms with Gasteiger partial charge >= 0.3 is 5.63 Å². The van der Waals surface area contributed by atoms with Crippen LogP contribution < -0.4 is 10.4 Å². The first-order valence-electron chi connectivity index (χ1n) is 5.80. The molecule has 1 heterocycles. The monoisotopic (exact) mass is 262 g/mol. The maximum atomic E-state index is 11.1. The molecular weight excluding hydrogens is 248 g/mol. The molecule has 0 fully saturated rings. The zero-order valence-corrected chi connectivity index (χ0v) is 10.7. The van der Waals surface area contributed by atoms with Crippen molar-refractivity contribution in [2.24, 2.45) is 0 Å². The van der Waals surface area contributed by atoms with E-state index in [1.54, 1.807) is 18.2 Å². The predicted molar refractivity (Wildman–Crippen MR) is 69.4 cm³/mol. The first-order chi connectivity index (χ1) is 9.01. The fourth-order valence-corrected chi connectivity index (χ4v) is 1.85. The van der Waals surface area contributed by atoms with Crippen LogP contribution in [0.2, 0.25) is 0 Å². The van der Waals surface area contributed by atoms with E-state index in [-0.39, 0.29) is 12.2 Å². The number of aliphatic hydroxyl groups is 1. The lowest BCUT2D eigenvalue weighted by Crippen LogP contribution is -2.20. The third kappa shape index (κ3) is 2.82. The Morgan fingerprint density at radius 2 is 2.16 bits per heavy atom. The van der Waals surface area contributed by atoms with E-state index in [0.29, 0.717) is 22.3 Å².